The molecule has 3 nitrogen and oxygen atoms in total. The Bertz CT molecular complexity index is 1060. The summed E-state index contributed by atoms with van der Waals surface area (Å²) in [6.07, 6.45) is 0. The molecule has 3 aromatic carbocycles. The summed E-state index contributed by atoms with van der Waals surface area (Å²) in [4.78, 5) is 15.7. The highest BCUT2D eigenvalue weighted by Gasteiger charge is 2.31. The van der Waals surface area contributed by atoms with E-state index in [1.165, 1.54) is 0 Å². The zero-order valence-electron chi connectivity index (χ0n) is 15.6. The third-order valence-corrected chi connectivity index (χ3v) is 5.49. The van der Waals surface area contributed by atoms with E-state index in [1.54, 1.807) is 0 Å². The summed E-state index contributed by atoms with van der Waals surface area (Å²) >= 11 is 0. The second-order valence-electron chi connectivity index (χ2n) is 7.14. The highest BCUT2D eigenvalue weighted by atomic mass is 16.5. The van der Waals surface area contributed by atoms with Gasteiger partial charge in [0.15, 0.2) is 5.78 Å². The lowest BCUT2D eigenvalue weighted by Crippen LogP contribution is -2.36. The molecule has 3 aromatic rings. The van der Waals surface area contributed by atoms with Crippen molar-refractivity contribution < 1.29 is 9.53 Å². The predicted molar refractivity (Wildman–Crippen MR) is 113 cm³/mol. The van der Waals surface area contributed by atoms with Gasteiger partial charge in [-0.2, -0.15) is 0 Å². The minimum Gasteiger partial charge on any atom is -0.378 e. The topological polar surface area (TPSA) is 29.5 Å². The maximum atomic E-state index is 13.4. The van der Waals surface area contributed by atoms with Crippen LogP contribution in [0.15, 0.2) is 78.9 Å². The Morgan fingerprint density at radius 1 is 0.679 bits per heavy atom. The van der Waals surface area contributed by atoms with E-state index in [0.717, 1.165) is 65.4 Å². The summed E-state index contributed by atoms with van der Waals surface area (Å²) in [5.41, 5.74) is 6.82. The molecule has 0 radical (unpaired) electrons. The molecule has 0 unspecified atom stereocenters. The van der Waals surface area contributed by atoms with Crippen LogP contribution < -0.4 is 4.90 Å². The van der Waals surface area contributed by atoms with E-state index in [9.17, 15) is 4.79 Å². The Kier molecular flexibility index (Phi) is 4.30. The Balaban J connectivity index is 1.68. The number of carbonyl (C=O) groups excluding carboxylic acids is 1. The van der Waals surface area contributed by atoms with Gasteiger partial charge in [0.2, 0.25) is 0 Å². The van der Waals surface area contributed by atoms with E-state index >= 15 is 0 Å². The first-order chi connectivity index (χ1) is 13.8. The van der Waals surface area contributed by atoms with E-state index < -0.39 is 0 Å². The van der Waals surface area contributed by atoms with Crippen LogP contribution in [0.4, 0.5) is 5.69 Å². The number of allylic oxidation sites excluding steroid dienone is 1. The summed E-state index contributed by atoms with van der Waals surface area (Å²) in [6.45, 7) is 3.24. The van der Waals surface area contributed by atoms with Crippen LogP contribution in [0.1, 0.15) is 27.0 Å². The maximum Gasteiger partial charge on any atom is 0.194 e. The zero-order chi connectivity index (χ0) is 18.9. The molecule has 0 aromatic heterocycles. The predicted octanol–water partition coefficient (Wildman–Crippen LogP) is 4.68. The number of ketones is 1. The Morgan fingerprint density at radius 3 is 2.14 bits per heavy atom. The quantitative estimate of drug-likeness (QED) is 0.673. The maximum absolute atomic E-state index is 13.4. The largest absolute Gasteiger partial charge is 0.378 e. The number of carbonyl (C=O) groups is 1. The Morgan fingerprint density at radius 2 is 1.36 bits per heavy atom. The lowest BCUT2D eigenvalue weighted by molar-refractivity contribution is 0.105. The SMILES string of the molecule is O=C1C(c2cccc(N3CCOCC3)c2)=C(c2ccccc2)c2ccccc21. The van der Waals surface area contributed by atoms with Gasteiger partial charge in [-0.05, 0) is 28.8 Å². The minimum absolute atomic E-state index is 0.105. The minimum atomic E-state index is 0.105. The molecule has 1 heterocycles. The molecule has 0 bridgehead atoms. The van der Waals surface area contributed by atoms with Gasteiger partial charge in [-0.3, -0.25) is 4.79 Å². The molecule has 1 aliphatic heterocycles. The number of nitrogens with zero attached hydrogens (tertiary/aromatic N) is 1. The number of morpholine rings is 1. The zero-order valence-corrected chi connectivity index (χ0v) is 15.6. The lowest BCUT2D eigenvalue weighted by Gasteiger charge is -2.29. The van der Waals surface area contributed by atoms with E-state index in [-0.39, 0.29) is 5.78 Å². The normalized spacial score (nSPS) is 16.4. The molecule has 28 heavy (non-hydrogen) atoms. The molecule has 0 saturated carbocycles. The van der Waals surface area contributed by atoms with Crippen LogP contribution >= 0.6 is 0 Å². The fraction of sp³-hybridized carbons (Fsp3) is 0.160. The van der Waals surface area contributed by atoms with Gasteiger partial charge >= 0.3 is 0 Å². The van der Waals surface area contributed by atoms with Crippen molar-refractivity contribution in [2.45, 2.75) is 0 Å². The average molecular weight is 367 g/mol. The Hall–Kier alpha value is -3.17. The summed E-state index contributed by atoms with van der Waals surface area (Å²) in [7, 11) is 0. The van der Waals surface area contributed by atoms with Crippen LogP contribution in [0.2, 0.25) is 0 Å². The van der Waals surface area contributed by atoms with Gasteiger partial charge in [-0.15, -0.1) is 0 Å². The molecule has 3 heteroatoms. The first-order valence-corrected chi connectivity index (χ1v) is 9.70. The van der Waals surface area contributed by atoms with Crippen molar-refractivity contribution in [2.24, 2.45) is 0 Å². The second kappa shape index (κ2) is 7.10. The summed E-state index contributed by atoms with van der Waals surface area (Å²) in [6, 6.07) is 26.5. The number of hydrogen-bond donors (Lipinski definition) is 0. The monoisotopic (exact) mass is 367 g/mol. The van der Waals surface area contributed by atoms with Crippen molar-refractivity contribution in [3.05, 3.63) is 101 Å². The highest BCUT2D eigenvalue weighted by Crippen LogP contribution is 2.42. The summed E-state index contributed by atoms with van der Waals surface area (Å²) in [5, 5.41) is 0. The van der Waals surface area contributed by atoms with Crippen LogP contribution in [-0.2, 0) is 4.74 Å². The van der Waals surface area contributed by atoms with Gasteiger partial charge in [-0.25, -0.2) is 0 Å². The van der Waals surface area contributed by atoms with Gasteiger partial charge in [0.25, 0.3) is 0 Å². The Labute approximate surface area is 164 Å². The number of benzene rings is 3. The van der Waals surface area contributed by atoms with Gasteiger partial charge in [0, 0.05) is 35.5 Å². The van der Waals surface area contributed by atoms with Crippen molar-refractivity contribution in [3.63, 3.8) is 0 Å². The molecule has 2 aliphatic rings. The number of rotatable bonds is 3. The molecule has 0 spiro atoms. The van der Waals surface area contributed by atoms with E-state index in [2.05, 4.69) is 29.2 Å². The smallest absolute Gasteiger partial charge is 0.194 e. The van der Waals surface area contributed by atoms with Gasteiger partial charge in [0.05, 0.1) is 13.2 Å². The average Bonchev–Trinajstić information content (AvgIpc) is 3.08. The second-order valence-corrected chi connectivity index (χ2v) is 7.14. The van der Waals surface area contributed by atoms with Crippen LogP contribution in [0.5, 0.6) is 0 Å². The summed E-state index contributed by atoms with van der Waals surface area (Å²) < 4.78 is 5.48. The van der Waals surface area contributed by atoms with E-state index in [4.69, 9.17) is 4.74 Å². The molecule has 138 valence electrons. The number of anilines is 1. The third kappa shape index (κ3) is 2.85. The highest BCUT2D eigenvalue weighted by molar-refractivity contribution is 6.41. The first kappa shape index (κ1) is 17.0. The van der Waals surface area contributed by atoms with Crippen molar-refractivity contribution in [1.29, 1.82) is 0 Å². The fourth-order valence-corrected chi connectivity index (χ4v) is 4.14. The van der Waals surface area contributed by atoms with Crippen molar-refractivity contribution in [1.82, 2.24) is 0 Å². The number of hydrogen-bond acceptors (Lipinski definition) is 3. The lowest BCUT2D eigenvalue weighted by atomic mass is 9.94. The molecular formula is C25H21NO2. The van der Waals surface area contributed by atoms with Crippen molar-refractivity contribution >= 4 is 22.6 Å². The number of Topliss-reactive ketones (excluding diaryl/α,β-unsaturated/α-hetero) is 1. The number of ether oxygens (including phenoxy) is 1. The van der Waals surface area contributed by atoms with E-state index in [0.29, 0.717) is 0 Å². The summed E-state index contributed by atoms with van der Waals surface area (Å²) in [5.74, 6) is 0.105. The van der Waals surface area contributed by atoms with Crippen LogP contribution in [0.25, 0.3) is 11.1 Å². The molecule has 1 saturated heterocycles. The standard InChI is InChI=1S/C25H21NO2/c27-25-22-12-5-4-11-21(22)23(18-7-2-1-3-8-18)24(25)19-9-6-10-20(17-19)26-13-15-28-16-14-26/h1-12,17H,13-16H2. The molecule has 1 aliphatic carbocycles. The molecular weight excluding hydrogens is 346 g/mol. The van der Waals surface area contributed by atoms with Crippen LogP contribution in [0.3, 0.4) is 0 Å². The van der Waals surface area contributed by atoms with Crippen LogP contribution in [-0.4, -0.2) is 32.1 Å². The van der Waals surface area contributed by atoms with Crippen molar-refractivity contribution in [3.8, 4) is 0 Å². The molecule has 0 atom stereocenters. The molecule has 0 N–H and O–H groups in total. The molecule has 0 amide bonds. The van der Waals surface area contributed by atoms with Gasteiger partial charge < -0.3 is 9.64 Å². The van der Waals surface area contributed by atoms with Gasteiger partial charge in [0.1, 0.15) is 0 Å². The first-order valence-electron chi connectivity index (χ1n) is 9.70. The van der Waals surface area contributed by atoms with Crippen LogP contribution in [0, 0.1) is 0 Å². The van der Waals surface area contributed by atoms with Crippen molar-refractivity contribution in [2.75, 3.05) is 31.2 Å². The van der Waals surface area contributed by atoms with E-state index in [1.807, 2.05) is 54.6 Å². The molecule has 5 rings (SSSR count). The fourth-order valence-electron chi connectivity index (χ4n) is 4.14. The third-order valence-electron chi connectivity index (χ3n) is 5.49. The number of fused-ring (bicyclic) bond motifs is 1. The molecule has 1 fully saturated rings. The van der Waals surface area contributed by atoms with Gasteiger partial charge in [-0.1, -0.05) is 66.7 Å².